The summed E-state index contributed by atoms with van der Waals surface area (Å²) in [5, 5.41) is 8.72. The molecule has 2 aromatic carbocycles. The number of halogens is 1. The predicted octanol–water partition coefficient (Wildman–Crippen LogP) is 1.87. The SMILES string of the molecule is O=C(NO)c1ccc2c(c1)N(Cc1cccc(F)c1)C(=O)CO2. The Morgan fingerprint density at radius 2 is 2.13 bits per heavy atom. The fraction of sp³-hybridized carbons (Fsp3) is 0.125. The number of rotatable bonds is 3. The fourth-order valence-electron chi connectivity index (χ4n) is 2.40. The Bertz CT molecular complexity index is 778. The van der Waals surface area contributed by atoms with Crippen LogP contribution in [-0.4, -0.2) is 23.6 Å². The van der Waals surface area contributed by atoms with Crippen molar-refractivity contribution in [3.8, 4) is 5.75 Å². The molecule has 0 radical (unpaired) electrons. The molecule has 0 atom stereocenters. The van der Waals surface area contributed by atoms with E-state index in [0.29, 0.717) is 17.0 Å². The van der Waals surface area contributed by atoms with Crippen LogP contribution in [-0.2, 0) is 11.3 Å². The van der Waals surface area contributed by atoms with E-state index < -0.39 is 11.7 Å². The maximum absolute atomic E-state index is 13.3. The minimum atomic E-state index is -0.698. The van der Waals surface area contributed by atoms with Gasteiger partial charge in [0.2, 0.25) is 0 Å². The van der Waals surface area contributed by atoms with Gasteiger partial charge in [-0.2, -0.15) is 0 Å². The number of ether oxygens (including phenoxy) is 1. The number of hydroxylamine groups is 1. The van der Waals surface area contributed by atoms with Gasteiger partial charge in [-0.3, -0.25) is 14.8 Å². The number of nitrogens with zero attached hydrogens (tertiary/aromatic N) is 1. The molecule has 6 nitrogen and oxygen atoms in total. The standard InChI is InChI=1S/C16H13FN2O4/c17-12-3-1-2-10(6-12)8-19-13-7-11(16(21)18-22)4-5-14(13)23-9-15(19)20/h1-7,22H,8-9H2,(H,18,21). The van der Waals surface area contributed by atoms with Crippen LogP contribution >= 0.6 is 0 Å². The van der Waals surface area contributed by atoms with Crippen molar-refractivity contribution in [1.82, 2.24) is 5.48 Å². The monoisotopic (exact) mass is 316 g/mol. The molecule has 2 N–H and O–H groups in total. The first kappa shape index (κ1) is 15.0. The Morgan fingerprint density at radius 3 is 2.87 bits per heavy atom. The summed E-state index contributed by atoms with van der Waals surface area (Å²) in [6.45, 7) is 0.0189. The molecule has 1 heterocycles. The molecule has 0 aliphatic carbocycles. The van der Waals surface area contributed by atoms with Gasteiger partial charge >= 0.3 is 0 Å². The lowest BCUT2D eigenvalue weighted by Gasteiger charge is -2.29. The van der Waals surface area contributed by atoms with Gasteiger partial charge in [0.1, 0.15) is 11.6 Å². The molecule has 0 fully saturated rings. The van der Waals surface area contributed by atoms with Crippen LogP contribution in [0.2, 0.25) is 0 Å². The molecular formula is C16H13FN2O4. The molecule has 0 spiro atoms. The van der Waals surface area contributed by atoms with Crippen LogP contribution in [0.3, 0.4) is 0 Å². The molecule has 7 heteroatoms. The van der Waals surface area contributed by atoms with Crippen molar-refractivity contribution in [2.45, 2.75) is 6.54 Å². The zero-order chi connectivity index (χ0) is 16.4. The molecule has 3 rings (SSSR count). The van der Waals surface area contributed by atoms with E-state index in [0.717, 1.165) is 0 Å². The van der Waals surface area contributed by atoms with Crippen LogP contribution in [0.4, 0.5) is 10.1 Å². The number of fused-ring (bicyclic) bond motifs is 1. The van der Waals surface area contributed by atoms with Gasteiger partial charge < -0.3 is 9.64 Å². The number of benzene rings is 2. The highest BCUT2D eigenvalue weighted by atomic mass is 19.1. The highest BCUT2D eigenvalue weighted by Gasteiger charge is 2.26. The summed E-state index contributed by atoms with van der Waals surface area (Å²) in [6, 6.07) is 10.4. The largest absolute Gasteiger partial charge is 0.482 e. The summed E-state index contributed by atoms with van der Waals surface area (Å²) in [4.78, 5) is 25.1. The molecule has 23 heavy (non-hydrogen) atoms. The maximum Gasteiger partial charge on any atom is 0.274 e. The summed E-state index contributed by atoms with van der Waals surface area (Å²) >= 11 is 0. The third-order valence-corrected chi connectivity index (χ3v) is 3.50. The van der Waals surface area contributed by atoms with Crippen LogP contribution in [0.15, 0.2) is 42.5 Å². The van der Waals surface area contributed by atoms with Crippen molar-refractivity contribution in [2.24, 2.45) is 0 Å². The number of anilines is 1. The second-order valence-electron chi connectivity index (χ2n) is 5.02. The summed E-state index contributed by atoms with van der Waals surface area (Å²) in [5.41, 5.74) is 2.72. The number of nitrogens with one attached hydrogen (secondary N) is 1. The normalized spacial score (nSPS) is 13.3. The van der Waals surface area contributed by atoms with Crippen LogP contribution in [0.1, 0.15) is 15.9 Å². The lowest BCUT2D eigenvalue weighted by Crippen LogP contribution is -2.38. The predicted molar refractivity (Wildman–Crippen MR) is 78.8 cm³/mol. The Labute approximate surface area is 131 Å². The van der Waals surface area contributed by atoms with Crippen molar-refractivity contribution in [1.29, 1.82) is 0 Å². The molecule has 0 aromatic heterocycles. The van der Waals surface area contributed by atoms with Crippen molar-refractivity contribution in [3.63, 3.8) is 0 Å². The lowest BCUT2D eigenvalue weighted by molar-refractivity contribution is -0.121. The maximum atomic E-state index is 13.3. The molecule has 0 saturated carbocycles. The Balaban J connectivity index is 1.98. The van der Waals surface area contributed by atoms with E-state index in [1.165, 1.54) is 34.6 Å². The average molecular weight is 316 g/mol. The number of hydrogen-bond donors (Lipinski definition) is 2. The summed E-state index contributed by atoms with van der Waals surface area (Å²) in [5.74, 6) is -0.952. The highest BCUT2D eigenvalue weighted by molar-refractivity contribution is 6.00. The quantitative estimate of drug-likeness (QED) is 0.669. The number of carbonyl (C=O) groups is 2. The van der Waals surface area contributed by atoms with Crippen molar-refractivity contribution >= 4 is 17.5 Å². The molecule has 1 aliphatic heterocycles. The minimum Gasteiger partial charge on any atom is -0.482 e. The Kier molecular flexibility index (Phi) is 3.94. The Morgan fingerprint density at radius 1 is 1.30 bits per heavy atom. The van der Waals surface area contributed by atoms with E-state index in [4.69, 9.17) is 9.94 Å². The van der Waals surface area contributed by atoms with Crippen LogP contribution in [0.5, 0.6) is 5.75 Å². The van der Waals surface area contributed by atoms with Gasteiger partial charge in [0, 0.05) is 5.56 Å². The topological polar surface area (TPSA) is 78.9 Å². The lowest BCUT2D eigenvalue weighted by atomic mass is 10.1. The van der Waals surface area contributed by atoms with Gasteiger partial charge in [-0.25, -0.2) is 9.87 Å². The first-order valence-electron chi connectivity index (χ1n) is 6.84. The van der Waals surface area contributed by atoms with Crippen molar-refractivity contribution < 1.29 is 23.9 Å². The van der Waals surface area contributed by atoms with Gasteiger partial charge in [-0.1, -0.05) is 12.1 Å². The van der Waals surface area contributed by atoms with Crippen molar-refractivity contribution in [2.75, 3.05) is 11.5 Å². The van der Waals surface area contributed by atoms with E-state index in [2.05, 4.69) is 0 Å². The first-order chi connectivity index (χ1) is 11.1. The average Bonchev–Trinajstić information content (AvgIpc) is 2.56. The van der Waals surface area contributed by atoms with Crippen LogP contribution < -0.4 is 15.1 Å². The van der Waals surface area contributed by atoms with E-state index >= 15 is 0 Å². The highest BCUT2D eigenvalue weighted by Crippen LogP contribution is 2.34. The van der Waals surface area contributed by atoms with E-state index in [-0.39, 0.29) is 24.6 Å². The smallest absolute Gasteiger partial charge is 0.274 e. The molecule has 1 aliphatic rings. The number of carbonyl (C=O) groups excluding carboxylic acids is 2. The zero-order valence-corrected chi connectivity index (χ0v) is 12.0. The molecule has 0 unspecified atom stereocenters. The second-order valence-corrected chi connectivity index (χ2v) is 5.02. The van der Waals surface area contributed by atoms with Gasteiger partial charge in [-0.15, -0.1) is 0 Å². The summed E-state index contributed by atoms with van der Waals surface area (Å²) < 4.78 is 18.7. The van der Waals surface area contributed by atoms with Crippen LogP contribution in [0, 0.1) is 5.82 Å². The summed E-state index contributed by atoms with van der Waals surface area (Å²) in [7, 11) is 0. The number of amides is 2. The Hall–Kier alpha value is -2.93. The molecular weight excluding hydrogens is 303 g/mol. The third kappa shape index (κ3) is 3.00. The van der Waals surface area contributed by atoms with E-state index in [1.807, 2.05) is 0 Å². The minimum absolute atomic E-state index is 0.131. The van der Waals surface area contributed by atoms with Crippen LogP contribution in [0.25, 0.3) is 0 Å². The van der Waals surface area contributed by atoms with Gasteiger partial charge in [0.25, 0.3) is 11.8 Å². The van der Waals surface area contributed by atoms with E-state index in [1.54, 1.807) is 18.2 Å². The summed E-state index contributed by atoms with van der Waals surface area (Å²) in [6.07, 6.45) is 0. The van der Waals surface area contributed by atoms with Gasteiger partial charge in [0.15, 0.2) is 6.61 Å². The van der Waals surface area contributed by atoms with Gasteiger partial charge in [-0.05, 0) is 35.9 Å². The third-order valence-electron chi connectivity index (χ3n) is 3.50. The van der Waals surface area contributed by atoms with E-state index in [9.17, 15) is 14.0 Å². The molecule has 0 bridgehead atoms. The second kappa shape index (κ2) is 6.05. The molecule has 0 saturated heterocycles. The molecule has 2 amide bonds. The molecule has 2 aromatic rings. The van der Waals surface area contributed by atoms with Gasteiger partial charge in [0.05, 0.1) is 12.2 Å². The first-order valence-corrected chi connectivity index (χ1v) is 6.84. The number of hydrogen-bond acceptors (Lipinski definition) is 4. The van der Waals surface area contributed by atoms with Crippen molar-refractivity contribution in [3.05, 3.63) is 59.4 Å². The zero-order valence-electron chi connectivity index (χ0n) is 12.0. The molecule has 118 valence electrons. The fourth-order valence-corrected chi connectivity index (χ4v) is 2.40.